The molecule has 0 saturated carbocycles. The molecule has 0 radical (unpaired) electrons. The van der Waals surface area contributed by atoms with Gasteiger partial charge in [0.25, 0.3) is 0 Å². The van der Waals surface area contributed by atoms with Gasteiger partial charge >= 0.3 is 5.97 Å². The van der Waals surface area contributed by atoms with Crippen LogP contribution in [-0.2, 0) is 37.2 Å². The molecule has 1 amide bonds. The monoisotopic (exact) mass is 595 g/mol. The molecular weight excluding hydrogens is 558 g/mol. The normalized spacial score (nSPS) is 16.4. The van der Waals surface area contributed by atoms with Gasteiger partial charge in [-0.05, 0) is 55.9 Å². The lowest BCUT2D eigenvalue weighted by Crippen LogP contribution is -2.51. The molecule has 0 aliphatic carbocycles. The van der Waals surface area contributed by atoms with Crippen LogP contribution in [0, 0.1) is 11.5 Å². The smallest absolute Gasteiger partial charge is 0.326 e. The first-order chi connectivity index (χ1) is 20.1. The Kier molecular flexibility index (Phi) is 12.2. The van der Waals surface area contributed by atoms with Gasteiger partial charge < -0.3 is 10.4 Å². The molecule has 3 N–H and O–H groups in total. The van der Waals surface area contributed by atoms with Crippen LogP contribution < -0.4 is 10.6 Å². The number of hydrogen-bond acceptors (Lipinski definition) is 7. The summed E-state index contributed by atoms with van der Waals surface area (Å²) in [6.45, 7) is 2.50. The number of aliphatic imine (C=N–C) groups is 1. The predicted molar refractivity (Wildman–Crippen MR) is 157 cm³/mol. The molecule has 11 nitrogen and oxygen atoms in total. The summed E-state index contributed by atoms with van der Waals surface area (Å²) < 4.78 is 27.3. The number of carbonyl (C=O) groups excluding carboxylic acids is 2. The average molecular weight is 596 g/mol. The van der Waals surface area contributed by atoms with Gasteiger partial charge in [-0.25, -0.2) is 13.2 Å². The molecular formula is C30H37N5O6S. The zero-order valence-electron chi connectivity index (χ0n) is 23.7. The Balaban J connectivity index is 1.50. The van der Waals surface area contributed by atoms with Crippen molar-refractivity contribution < 1.29 is 27.9 Å². The van der Waals surface area contributed by atoms with E-state index in [1.54, 1.807) is 49.4 Å². The number of ketones is 1. The van der Waals surface area contributed by atoms with Crippen LogP contribution in [-0.4, -0.2) is 66.5 Å². The van der Waals surface area contributed by atoms with Crippen LogP contribution in [0.15, 0.2) is 64.5 Å². The number of amides is 1. The fourth-order valence-electron chi connectivity index (χ4n) is 4.81. The number of rotatable bonds is 15. The van der Waals surface area contributed by atoms with Crippen LogP contribution in [0.4, 0.5) is 0 Å². The molecule has 0 aromatic heterocycles. The summed E-state index contributed by atoms with van der Waals surface area (Å²) >= 11 is 0. The standard InChI is InChI=1S/C30H37N5O6S/c1-22(33-21-31)32-17-7-3-4-9-25(36)19-23-13-15-24(16-14-23)20-27(30(38)39)34-29(37)28-12-8-18-35(28)42(40,41)26-10-5-2-6-11-26/h2,5-6,10-11,13-16,27-28H,3-4,7-9,12,17-20H2,1H3,(H,32,33)(H,34,37)(H,38,39). The molecule has 12 heteroatoms. The molecule has 2 aromatic rings. The largest absolute Gasteiger partial charge is 0.480 e. The van der Waals surface area contributed by atoms with E-state index in [0.717, 1.165) is 29.1 Å². The highest BCUT2D eigenvalue weighted by Crippen LogP contribution is 2.26. The highest BCUT2D eigenvalue weighted by atomic mass is 32.2. The molecule has 1 saturated heterocycles. The summed E-state index contributed by atoms with van der Waals surface area (Å²) in [6, 6.07) is 12.7. The molecule has 2 aromatic carbocycles. The number of carbonyl (C=O) groups is 3. The van der Waals surface area contributed by atoms with Crippen molar-refractivity contribution >= 4 is 33.5 Å². The van der Waals surface area contributed by atoms with E-state index in [2.05, 4.69) is 15.6 Å². The van der Waals surface area contributed by atoms with Gasteiger partial charge in [-0.1, -0.05) is 48.9 Å². The molecule has 224 valence electrons. The van der Waals surface area contributed by atoms with Gasteiger partial charge in [0.15, 0.2) is 6.19 Å². The van der Waals surface area contributed by atoms with Crippen molar-refractivity contribution in [1.82, 2.24) is 14.9 Å². The van der Waals surface area contributed by atoms with E-state index in [4.69, 9.17) is 5.26 Å². The topological polar surface area (TPSA) is 169 Å². The van der Waals surface area contributed by atoms with Gasteiger partial charge in [-0.2, -0.15) is 9.57 Å². The van der Waals surface area contributed by atoms with Crippen molar-refractivity contribution in [3.05, 3.63) is 65.7 Å². The second-order valence-electron chi connectivity index (χ2n) is 10.2. The van der Waals surface area contributed by atoms with Gasteiger partial charge in [0.2, 0.25) is 15.9 Å². The Hall–Kier alpha value is -4.08. The minimum atomic E-state index is -3.90. The first kappa shape index (κ1) is 32.4. The number of carboxylic acid groups (broad SMARTS) is 1. The minimum Gasteiger partial charge on any atom is -0.480 e. The molecule has 0 spiro atoms. The maximum atomic E-state index is 13.1. The van der Waals surface area contributed by atoms with E-state index in [1.165, 1.54) is 12.1 Å². The van der Waals surface area contributed by atoms with E-state index in [0.29, 0.717) is 37.2 Å². The van der Waals surface area contributed by atoms with E-state index >= 15 is 0 Å². The first-order valence-electron chi connectivity index (χ1n) is 14.0. The lowest BCUT2D eigenvalue weighted by Gasteiger charge is -2.25. The summed E-state index contributed by atoms with van der Waals surface area (Å²) in [5, 5.41) is 23.3. The third-order valence-corrected chi connectivity index (χ3v) is 8.96. The lowest BCUT2D eigenvalue weighted by molar-refractivity contribution is -0.142. The molecule has 2 atom stereocenters. The Morgan fingerprint density at radius 2 is 1.76 bits per heavy atom. The van der Waals surface area contributed by atoms with Crippen LogP contribution >= 0.6 is 0 Å². The number of nitrogens with zero attached hydrogens (tertiary/aromatic N) is 3. The van der Waals surface area contributed by atoms with E-state index in [-0.39, 0.29) is 30.1 Å². The Bertz CT molecular complexity index is 1400. The van der Waals surface area contributed by atoms with Gasteiger partial charge in [0, 0.05) is 32.4 Å². The number of hydrogen-bond donors (Lipinski definition) is 3. The van der Waals surface area contributed by atoms with Crippen molar-refractivity contribution in [2.45, 2.75) is 75.3 Å². The van der Waals surface area contributed by atoms with Crippen LogP contribution in [0.3, 0.4) is 0 Å². The van der Waals surface area contributed by atoms with Crippen LogP contribution in [0.2, 0.25) is 0 Å². The third-order valence-electron chi connectivity index (χ3n) is 7.03. The van der Waals surface area contributed by atoms with Crippen LogP contribution in [0.25, 0.3) is 0 Å². The van der Waals surface area contributed by atoms with Crippen molar-refractivity contribution in [2.24, 2.45) is 4.99 Å². The zero-order valence-corrected chi connectivity index (χ0v) is 24.5. The maximum Gasteiger partial charge on any atom is 0.326 e. The molecule has 1 fully saturated rings. The number of benzene rings is 2. The van der Waals surface area contributed by atoms with Crippen molar-refractivity contribution in [3.8, 4) is 6.19 Å². The second kappa shape index (κ2) is 15.8. The first-order valence-corrected chi connectivity index (χ1v) is 15.4. The molecule has 2 unspecified atom stereocenters. The van der Waals surface area contributed by atoms with E-state index in [1.807, 2.05) is 6.19 Å². The molecule has 1 aliphatic rings. The fraction of sp³-hybridized carbons (Fsp3) is 0.433. The molecule has 42 heavy (non-hydrogen) atoms. The quantitative estimate of drug-likeness (QED) is 0.0928. The van der Waals surface area contributed by atoms with Crippen molar-refractivity contribution in [3.63, 3.8) is 0 Å². The van der Waals surface area contributed by atoms with Gasteiger partial charge in [-0.3, -0.25) is 19.9 Å². The lowest BCUT2D eigenvalue weighted by atomic mass is 10.00. The predicted octanol–water partition coefficient (Wildman–Crippen LogP) is 2.81. The number of nitriles is 1. The summed E-state index contributed by atoms with van der Waals surface area (Å²) in [5.74, 6) is -1.18. The maximum absolute atomic E-state index is 13.1. The summed E-state index contributed by atoms with van der Waals surface area (Å²) in [5.41, 5.74) is 1.48. The van der Waals surface area contributed by atoms with Crippen molar-refractivity contribution in [1.29, 1.82) is 5.26 Å². The Morgan fingerprint density at radius 3 is 2.43 bits per heavy atom. The summed E-state index contributed by atoms with van der Waals surface area (Å²) in [4.78, 5) is 41.7. The van der Waals surface area contributed by atoms with Crippen molar-refractivity contribution in [2.75, 3.05) is 13.1 Å². The fourth-order valence-corrected chi connectivity index (χ4v) is 6.49. The zero-order chi connectivity index (χ0) is 30.5. The van der Waals surface area contributed by atoms with Crippen LogP contribution in [0.1, 0.15) is 56.6 Å². The van der Waals surface area contributed by atoms with Crippen LogP contribution in [0.5, 0.6) is 0 Å². The minimum absolute atomic E-state index is 0.0132. The highest BCUT2D eigenvalue weighted by molar-refractivity contribution is 7.89. The van der Waals surface area contributed by atoms with E-state index < -0.39 is 34.0 Å². The highest BCUT2D eigenvalue weighted by Gasteiger charge is 2.40. The summed E-state index contributed by atoms with van der Waals surface area (Å²) in [7, 11) is -3.90. The number of aliphatic carboxylic acids is 1. The Morgan fingerprint density at radius 1 is 1.07 bits per heavy atom. The molecule has 1 aliphatic heterocycles. The second-order valence-corrected chi connectivity index (χ2v) is 12.1. The van der Waals surface area contributed by atoms with Gasteiger partial charge in [0.1, 0.15) is 23.7 Å². The SMILES string of the molecule is CC(=NCCCCCC(=O)Cc1ccc(CC(NC(=O)C2CCCN2S(=O)(=O)c2ccccc2)C(=O)O)cc1)NC#N. The number of Topliss-reactive ketones (excluding diaryl/α,β-unsaturated/α-hetero) is 1. The molecule has 1 heterocycles. The number of sulfonamides is 1. The number of amidine groups is 1. The number of nitrogens with one attached hydrogen (secondary N) is 2. The Labute approximate surface area is 246 Å². The average Bonchev–Trinajstić information content (AvgIpc) is 3.47. The number of carboxylic acids is 1. The van der Waals surface area contributed by atoms with Gasteiger partial charge in [0.05, 0.1) is 4.90 Å². The number of unbranched alkanes of at least 4 members (excludes halogenated alkanes) is 2. The third kappa shape index (κ3) is 9.49. The van der Waals surface area contributed by atoms with Gasteiger partial charge in [-0.15, -0.1) is 0 Å². The molecule has 3 rings (SSSR count). The summed E-state index contributed by atoms with van der Waals surface area (Å²) in [6.07, 6.45) is 5.79. The van der Waals surface area contributed by atoms with E-state index in [9.17, 15) is 27.9 Å². The molecule has 0 bridgehead atoms.